The van der Waals surface area contributed by atoms with E-state index in [1.54, 1.807) is 11.6 Å². The third-order valence-corrected chi connectivity index (χ3v) is 4.27. The summed E-state index contributed by atoms with van der Waals surface area (Å²) < 4.78 is 1.75. The van der Waals surface area contributed by atoms with Gasteiger partial charge >= 0.3 is 5.69 Å². The molecule has 2 rings (SSSR count). The van der Waals surface area contributed by atoms with Crippen LogP contribution in [0.4, 0.5) is 5.69 Å². The fourth-order valence-electron chi connectivity index (χ4n) is 2.13. The topological polar surface area (TPSA) is 61.0 Å². The molecule has 0 N–H and O–H groups in total. The van der Waals surface area contributed by atoms with Crippen molar-refractivity contribution in [2.45, 2.75) is 44.5 Å². The lowest BCUT2D eigenvalue weighted by atomic mass is 10.1. The van der Waals surface area contributed by atoms with Gasteiger partial charge < -0.3 is 0 Å². The van der Waals surface area contributed by atoms with Crippen molar-refractivity contribution in [3.8, 4) is 0 Å². The number of hydrogen-bond donors (Lipinski definition) is 0. The normalized spacial score (nSPS) is 17.1. The molecule has 1 unspecified atom stereocenters. The maximum Gasteiger partial charge on any atom is 0.313 e. The van der Waals surface area contributed by atoms with Gasteiger partial charge in [0.15, 0.2) is 0 Å². The fraction of sp³-hybridized carbons (Fsp3) is 0.727. The van der Waals surface area contributed by atoms with Gasteiger partial charge in [-0.25, -0.2) is 0 Å². The van der Waals surface area contributed by atoms with Gasteiger partial charge in [-0.1, -0.05) is 15.9 Å². The van der Waals surface area contributed by atoms with Crippen molar-refractivity contribution in [3.05, 3.63) is 21.5 Å². The molecule has 1 fully saturated rings. The van der Waals surface area contributed by atoms with E-state index < -0.39 is 0 Å². The number of halogens is 1. The van der Waals surface area contributed by atoms with E-state index in [9.17, 15) is 10.1 Å². The first-order valence-corrected chi connectivity index (χ1v) is 6.80. The second-order valence-corrected chi connectivity index (χ2v) is 5.69. The first-order chi connectivity index (χ1) is 8.04. The molecule has 0 radical (unpaired) electrons. The summed E-state index contributed by atoms with van der Waals surface area (Å²) >= 11 is 3.63. The molecule has 6 heteroatoms. The van der Waals surface area contributed by atoms with E-state index in [1.165, 1.54) is 12.8 Å². The van der Waals surface area contributed by atoms with Crippen molar-refractivity contribution < 1.29 is 4.92 Å². The molecule has 1 aromatic rings. The molecule has 0 aliphatic heterocycles. The minimum atomic E-state index is -0.309. The average molecular weight is 302 g/mol. The highest BCUT2D eigenvalue weighted by Gasteiger charge is 2.33. The summed E-state index contributed by atoms with van der Waals surface area (Å²) in [5.74, 6) is 0.676. The quantitative estimate of drug-likeness (QED) is 0.477. The van der Waals surface area contributed by atoms with E-state index in [0.717, 1.165) is 5.69 Å². The number of nitrogens with zero attached hydrogens (tertiary/aromatic N) is 3. The number of rotatable bonds is 5. The van der Waals surface area contributed by atoms with E-state index in [0.29, 0.717) is 29.4 Å². The van der Waals surface area contributed by atoms with Crippen LogP contribution in [0.3, 0.4) is 0 Å². The predicted octanol–water partition coefficient (Wildman–Crippen LogP) is 2.84. The lowest BCUT2D eigenvalue weighted by Gasteiger charge is -2.09. The molecule has 1 heterocycles. The number of hydrogen-bond acceptors (Lipinski definition) is 3. The summed E-state index contributed by atoms with van der Waals surface area (Å²) in [4.78, 5) is 11.1. The van der Waals surface area contributed by atoms with Gasteiger partial charge in [0, 0.05) is 17.8 Å². The molecule has 1 saturated carbocycles. The van der Waals surface area contributed by atoms with Crippen LogP contribution in [0.25, 0.3) is 0 Å². The van der Waals surface area contributed by atoms with Gasteiger partial charge in [0.1, 0.15) is 11.4 Å². The first kappa shape index (κ1) is 12.5. The van der Waals surface area contributed by atoms with Gasteiger partial charge in [-0.05, 0) is 32.6 Å². The molecule has 0 bridgehead atoms. The highest BCUT2D eigenvalue weighted by atomic mass is 79.9. The molecule has 1 atom stereocenters. The third kappa shape index (κ3) is 2.51. The first-order valence-electron chi connectivity index (χ1n) is 5.89. The van der Waals surface area contributed by atoms with E-state index >= 15 is 0 Å². The summed E-state index contributed by atoms with van der Waals surface area (Å²) in [6.45, 7) is 4.34. The average Bonchev–Trinajstić information content (AvgIpc) is 3.04. The smallest absolute Gasteiger partial charge is 0.262 e. The molecule has 5 nitrogen and oxygen atoms in total. The zero-order valence-electron chi connectivity index (χ0n) is 10.0. The molecule has 1 aromatic heterocycles. The monoisotopic (exact) mass is 301 g/mol. The standard InChI is InChI=1S/C11H16BrN3O2/c1-3-14-10(6-9(12)8-4-5-8)11(15(16)17)7(2)13-14/h8-9H,3-6H2,1-2H3. The molecule has 1 aliphatic carbocycles. The minimum Gasteiger partial charge on any atom is -0.262 e. The second kappa shape index (κ2) is 4.76. The Labute approximate surface area is 108 Å². The molecular weight excluding hydrogens is 286 g/mol. The molecule has 0 saturated heterocycles. The van der Waals surface area contributed by atoms with Crippen molar-refractivity contribution in [1.82, 2.24) is 9.78 Å². The van der Waals surface area contributed by atoms with Crippen LogP contribution in [0.15, 0.2) is 0 Å². The van der Waals surface area contributed by atoms with Gasteiger partial charge in [0.25, 0.3) is 0 Å². The van der Waals surface area contributed by atoms with Crippen LogP contribution in [0.5, 0.6) is 0 Å². The highest BCUT2D eigenvalue weighted by molar-refractivity contribution is 9.09. The molecule has 17 heavy (non-hydrogen) atoms. The van der Waals surface area contributed by atoms with Crippen LogP contribution in [0.1, 0.15) is 31.2 Å². The van der Waals surface area contributed by atoms with Crippen molar-refractivity contribution in [2.24, 2.45) is 5.92 Å². The fourth-order valence-corrected chi connectivity index (χ4v) is 2.97. The van der Waals surface area contributed by atoms with Crippen molar-refractivity contribution >= 4 is 21.6 Å². The number of nitro groups is 1. The van der Waals surface area contributed by atoms with Gasteiger partial charge in [0.2, 0.25) is 0 Å². The zero-order valence-corrected chi connectivity index (χ0v) is 11.6. The molecule has 94 valence electrons. The molecule has 0 amide bonds. The number of aryl methyl sites for hydroxylation is 2. The zero-order chi connectivity index (χ0) is 12.6. The molecule has 0 spiro atoms. The summed E-state index contributed by atoms with van der Waals surface area (Å²) in [5.41, 5.74) is 1.46. The lowest BCUT2D eigenvalue weighted by Crippen LogP contribution is -2.12. The van der Waals surface area contributed by atoms with Crippen LogP contribution >= 0.6 is 15.9 Å². The van der Waals surface area contributed by atoms with Gasteiger partial charge in [-0.2, -0.15) is 5.10 Å². The van der Waals surface area contributed by atoms with Crippen LogP contribution in [0, 0.1) is 23.0 Å². The highest BCUT2D eigenvalue weighted by Crippen LogP contribution is 2.39. The van der Waals surface area contributed by atoms with Crippen molar-refractivity contribution in [2.75, 3.05) is 0 Å². The summed E-state index contributed by atoms with van der Waals surface area (Å²) in [5, 5.41) is 15.3. The maximum absolute atomic E-state index is 11.1. The van der Waals surface area contributed by atoms with Crippen LogP contribution < -0.4 is 0 Å². The maximum atomic E-state index is 11.1. The van der Waals surface area contributed by atoms with Crippen LogP contribution in [-0.2, 0) is 13.0 Å². The lowest BCUT2D eigenvalue weighted by molar-refractivity contribution is -0.386. The Bertz CT molecular complexity index is 440. The molecular formula is C11H16BrN3O2. The Kier molecular flexibility index (Phi) is 3.51. The minimum absolute atomic E-state index is 0.192. The number of aromatic nitrogens is 2. The van der Waals surface area contributed by atoms with E-state index in [4.69, 9.17) is 0 Å². The van der Waals surface area contributed by atoms with Gasteiger partial charge in [0.05, 0.1) is 4.92 Å². The SMILES string of the molecule is CCn1nc(C)c([N+](=O)[O-])c1CC(Br)C1CC1. The predicted molar refractivity (Wildman–Crippen MR) is 68.4 cm³/mol. The summed E-state index contributed by atoms with van der Waals surface area (Å²) in [7, 11) is 0. The Balaban J connectivity index is 2.31. The number of alkyl halides is 1. The van der Waals surface area contributed by atoms with Crippen LogP contribution in [0.2, 0.25) is 0 Å². The van der Waals surface area contributed by atoms with E-state index in [2.05, 4.69) is 21.0 Å². The largest absolute Gasteiger partial charge is 0.313 e. The summed E-state index contributed by atoms with van der Waals surface area (Å²) in [6, 6.07) is 0. The van der Waals surface area contributed by atoms with E-state index in [-0.39, 0.29) is 10.6 Å². The Morgan fingerprint density at radius 3 is 2.76 bits per heavy atom. The van der Waals surface area contributed by atoms with Crippen LogP contribution in [-0.4, -0.2) is 19.5 Å². The molecule has 1 aliphatic rings. The third-order valence-electron chi connectivity index (χ3n) is 3.20. The van der Waals surface area contributed by atoms with Crippen molar-refractivity contribution in [1.29, 1.82) is 0 Å². The second-order valence-electron chi connectivity index (χ2n) is 4.51. The summed E-state index contributed by atoms with van der Waals surface area (Å²) in [6.07, 6.45) is 3.14. The Hall–Kier alpha value is -0.910. The molecule has 0 aromatic carbocycles. The Morgan fingerprint density at radius 2 is 2.29 bits per heavy atom. The van der Waals surface area contributed by atoms with Gasteiger partial charge in [-0.15, -0.1) is 0 Å². The van der Waals surface area contributed by atoms with E-state index in [1.807, 2.05) is 6.92 Å². The van der Waals surface area contributed by atoms with Gasteiger partial charge in [-0.3, -0.25) is 14.8 Å². The van der Waals surface area contributed by atoms with Crippen molar-refractivity contribution in [3.63, 3.8) is 0 Å². The Morgan fingerprint density at radius 1 is 1.65 bits per heavy atom.